The summed E-state index contributed by atoms with van der Waals surface area (Å²) in [6.45, 7) is 5.57. The van der Waals surface area contributed by atoms with E-state index in [4.69, 9.17) is 16.3 Å². The lowest BCUT2D eigenvalue weighted by atomic mass is 9.95. The Bertz CT molecular complexity index is 1410. The third-order valence-electron chi connectivity index (χ3n) is 6.11. The van der Waals surface area contributed by atoms with Crippen LogP contribution in [-0.2, 0) is 23.9 Å². The van der Waals surface area contributed by atoms with Gasteiger partial charge in [0.1, 0.15) is 5.75 Å². The van der Waals surface area contributed by atoms with Crippen LogP contribution in [-0.4, -0.2) is 24.7 Å². The average Bonchev–Trinajstić information content (AvgIpc) is 2.90. The smallest absolute Gasteiger partial charge is 0.416 e. The van der Waals surface area contributed by atoms with E-state index in [-0.39, 0.29) is 58.4 Å². The number of amides is 2. The Morgan fingerprint density at radius 3 is 2.27 bits per heavy atom. The fourth-order valence-corrected chi connectivity index (χ4v) is 4.11. The molecule has 10 heteroatoms. The number of nitrogens with one attached hydrogen (secondary N) is 2. The SMILES string of the molecule is COc1ccc(NC(=O)c2cc(CNC(=O)C(C)(C)C)ccc2Cl)cc1C(=O)CCc1ccccc1C(F)(F)F. The summed E-state index contributed by atoms with van der Waals surface area (Å²) in [5.74, 6) is -0.913. The molecule has 3 aromatic rings. The second kappa shape index (κ2) is 12.6. The molecule has 0 fully saturated rings. The molecule has 212 valence electrons. The summed E-state index contributed by atoms with van der Waals surface area (Å²) in [5.41, 5.74) is -0.124. The quantitative estimate of drug-likeness (QED) is 0.267. The van der Waals surface area contributed by atoms with E-state index in [9.17, 15) is 27.6 Å². The molecular formula is C30H30ClF3N2O4. The fraction of sp³-hybridized carbons (Fsp3) is 0.300. The lowest BCUT2D eigenvalue weighted by Crippen LogP contribution is -2.34. The molecule has 0 aliphatic rings. The Morgan fingerprint density at radius 2 is 1.62 bits per heavy atom. The van der Waals surface area contributed by atoms with Gasteiger partial charge in [-0.1, -0.05) is 56.6 Å². The first-order chi connectivity index (χ1) is 18.7. The lowest BCUT2D eigenvalue weighted by Gasteiger charge is -2.18. The summed E-state index contributed by atoms with van der Waals surface area (Å²) in [6.07, 6.45) is -4.85. The number of ether oxygens (including phenoxy) is 1. The highest BCUT2D eigenvalue weighted by molar-refractivity contribution is 6.34. The van der Waals surface area contributed by atoms with E-state index in [1.165, 1.54) is 43.5 Å². The summed E-state index contributed by atoms with van der Waals surface area (Å²) in [4.78, 5) is 38.3. The Kier molecular flexibility index (Phi) is 9.63. The van der Waals surface area contributed by atoms with E-state index >= 15 is 0 Å². The molecule has 3 rings (SSSR count). The molecule has 0 heterocycles. The summed E-state index contributed by atoms with van der Waals surface area (Å²) < 4.78 is 45.3. The Labute approximate surface area is 235 Å². The van der Waals surface area contributed by atoms with Gasteiger partial charge in [0.25, 0.3) is 5.91 Å². The van der Waals surface area contributed by atoms with Crippen molar-refractivity contribution in [3.05, 3.63) is 93.5 Å². The topological polar surface area (TPSA) is 84.5 Å². The largest absolute Gasteiger partial charge is 0.496 e. The number of carbonyl (C=O) groups excluding carboxylic acids is 3. The van der Waals surface area contributed by atoms with Crippen molar-refractivity contribution in [2.24, 2.45) is 5.41 Å². The van der Waals surface area contributed by atoms with Crippen molar-refractivity contribution in [1.82, 2.24) is 5.32 Å². The molecule has 0 aromatic heterocycles. The molecule has 2 amide bonds. The van der Waals surface area contributed by atoms with E-state index < -0.39 is 28.8 Å². The zero-order valence-electron chi connectivity index (χ0n) is 22.5. The van der Waals surface area contributed by atoms with Crippen LogP contribution in [0.4, 0.5) is 18.9 Å². The molecule has 0 spiro atoms. The van der Waals surface area contributed by atoms with Gasteiger partial charge in [-0.3, -0.25) is 14.4 Å². The first kappa shape index (κ1) is 30.7. The van der Waals surface area contributed by atoms with Gasteiger partial charge in [0, 0.05) is 24.1 Å². The summed E-state index contributed by atoms with van der Waals surface area (Å²) in [5, 5.41) is 5.70. The molecule has 0 aliphatic heterocycles. The molecule has 0 saturated heterocycles. The van der Waals surface area contributed by atoms with Crippen LogP contribution in [0.2, 0.25) is 5.02 Å². The van der Waals surface area contributed by atoms with Crippen LogP contribution in [0.5, 0.6) is 5.75 Å². The summed E-state index contributed by atoms with van der Waals surface area (Å²) in [6, 6.07) is 14.4. The zero-order chi connectivity index (χ0) is 29.7. The van der Waals surface area contributed by atoms with Crippen LogP contribution in [0.1, 0.15) is 64.6 Å². The molecule has 3 aromatic carbocycles. The van der Waals surface area contributed by atoms with Gasteiger partial charge < -0.3 is 15.4 Å². The van der Waals surface area contributed by atoms with Crippen molar-refractivity contribution >= 4 is 34.9 Å². The van der Waals surface area contributed by atoms with Crippen LogP contribution < -0.4 is 15.4 Å². The number of carbonyl (C=O) groups is 3. The number of anilines is 1. The molecule has 0 aliphatic carbocycles. The monoisotopic (exact) mass is 574 g/mol. The molecule has 0 atom stereocenters. The minimum absolute atomic E-state index is 0.0139. The standard InChI is InChI=1S/C30H30ClF3N2O4/c1-29(2,3)28(39)35-17-18-9-12-24(31)21(15-18)27(38)36-20-11-14-26(40-4)22(16-20)25(37)13-10-19-7-5-6-8-23(19)30(32,33)34/h5-9,11-12,14-16H,10,13,17H2,1-4H3,(H,35,39)(H,36,38). The van der Waals surface area contributed by atoms with Gasteiger partial charge in [-0.2, -0.15) is 13.2 Å². The van der Waals surface area contributed by atoms with E-state index in [0.717, 1.165) is 6.07 Å². The molecule has 2 N–H and O–H groups in total. The maximum Gasteiger partial charge on any atom is 0.416 e. The number of rotatable bonds is 9. The van der Waals surface area contributed by atoms with E-state index in [1.807, 2.05) is 0 Å². The van der Waals surface area contributed by atoms with Crippen LogP contribution in [0.25, 0.3) is 0 Å². The second-order valence-electron chi connectivity index (χ2n) is 10.2. The van der Waals surface area contributed by atoms with E-state index in [2.05, 4.69) is 10.6 Å². The van der Waals surface area contributed by atoms with Gasteiger partial charge in [0.2, 0.25) is 5.91 Å². The Balaban J connectivity index is 1.76. The normalized spacial score (nSPS) is 11.6. The maximum atomic E-state index is 13.3. The number of hydrogen-bond donors (Lipinski definition) is 2. The number of Topliss-reactive ketones (excluding diaryl/α,β-unsaturated/α-hetero) is 1. The minimum Gasteiger partial charge on any atom is -0.496 e. The van der Waals surface area contributed by atoms with Crippen LogP contribution in [0.3, 0.4) is 0 Å². The Hall–Kier alpha value is -3.85. The van der Waals surface area contributed by atoms with Crippen molar-refractivity contribution in [2.75, 3.05) is 12.4 Å². The highest BCUT2D eigenvalue weighted by Crippen LogP contribution is 2.33. The summed E-state index contributed by atoms with van der Waals surface area (Å²) >= 11 is 6.26. The highest BCUT2D eigenvalue weighted by Gasteiger charge is 2.33. The van der Waals surface area contributed by atoms with Crippen molar-refractivity contribution in [3.63, 3.8) is 0 Å². The highest BCUT2D eigenvalue weighted by atomic mass is 35.5. The predicted molar refractivity (Wildman–Crippen MR) is 148 cm³/mol. The third-order valence-corrected chi connectivity index (χ3v) is 6.44. The van der Waals surface area contributed by atoms with E-state index in [1.54, 1.807) is 39.0 Å². The van der Waals surface area contributed by atoms with Crippen molar-refractivity contribution in [3.8, 4) is 5.75 Å². The van der Waals surface area contributed by atoms with Gasteiger partial charge in [0.15, 0.2) is 5.78 Å². The molecule has 0 saturated carbocycles. The second-order valence-corrected chi connectivity index (χ2v) is 10.6. The summed E-state index contributed by atoms with van der Waals surface area (Å²) in [7, 11) is 1.37. The molecule has 6 nitrogen and oxygen atoms in total. The number of hydrogen-bond acceptors (Lipinski definition) is 4. The van der Waals surface area contributed by atoms with Gasteiger partial charge >= 0.3 is 6.18 Å². The number of benzene rings is 3. The average molecular weight is 575 g/mol. The third kappa shape index (κ3) is 7.85. The van der Waals surface area contributed by atoms with Crippen molar-refractivity contribution in [2.45, 2.75) is 46.3 Å². The Morgan fingerprint density at radius 1 is 0.925 bits per heavy atom. The first-order valence-electron chi connectivity index (χ1n) is 12.4. The van der Waals surface area contributed by atoms with Crippen LogP contribution >= 0.6 is 11.6 Å². The fourth-order valence-electron chi connectivity index (χ4n) is 3.90. The van der Waals surface area contributed by atoms with Crippen molar-refractivity contribution in [1.29, 1.82) is 0 Å². The van der Waals surface area contributed by atoms with Gasteiger partial charge in [0.05, 0.1) is 28.8 Å². The molecule has 0 bridgehead atoms. The maximum absolute atomic E-state index is 13.3. The minimum atomic E-state index is -4.53. The number of aryl methyl sites for hydroxylation is 1. The van der Waals surface area contributed by atoms with Crippen LogP contribution in [0.15, 0.2) is 60.7 Å². The van der Waals surface area contributed by atoms with Crippen LogP contribution in [0, 0.1) is 5.41 Å². The lowest BCUT2D eigenvalue weighted by molar-refractivity contribution is -0.138. The number of alkyl halides is 3. The molecular weight excluding hydrogens is 545 g/mol. The van der Waals surface area contributed by atoms with E-state index in [0.29, 0.717) is 5.56 Å². The molecule has 0 unspecified atom stereocenters. The first-order valence-corrected chi connectivity index (χ1v) is 12.8. The number of halogens is 4. The van der Waals surface area contributed by atoms with Gasteiger partial charge in [-0.25, -0.2) is 0 Å². The molecule has 40 heavy (non-hydrogen) atoms. The predicted octanol–water partition coefficient (Wildman–Crippen LogP) is 7.10. The number of methoxy groups -OCH3 is 1. The van der Waals surface area contributed by atoms with Gasteiger partial charge in [-0.05, 0) is 53.9 Å². The zero-order valence-corrected chi connectivity index (χ0v) is 23.3. The molecule has 0 radical (unpaired) electrons. The number of ketones is 1. The van der Waals surface area contributed by atoms with Crippen molar-refractivity contribution < 1.29 is 32.3 Å². The van der Waals surface area contributed by atoms with Gasteiger partial charge in [-0.15, -0.1) is 0 Å².